The van der Waals surface area contributed by atoms with E-state index in [0.29, 0.717) is 39.7 Å². The molecule has 0 unspecified atom stereocenters. The number of hydrogen-bond donors (Lipinski definition) is 2. The number of amides is 1. The molecular weight excluding hydrogens is 410 g/mol. The quantitative estimate of drug-likeness (QED) is 0.448. The molecule has 9 heteroatoms. The molecule has 1 aliphatic carbocycles. The number of benzene rings is 1. The molecule has 0 bridgehead atoms. The van der Waals surface area contributed by atoms with E-state index in [0.717, 1.165) is 24.2 Å². The third kappa shape index (κ3) is 3.77. The number of methoxy groups -OCH3 is 1. The zero-order chi connectivity index (χ0) is 22.3. The second-order valence-corrected chi connectivity index (χ2v) is 8.22. The van der Waals surface area contributed by atoms with Gasteiger partial charge >= 0.3 is 0 Å². The number of furan rings is 1. The first-order valence-corrected chi connectivity index (χ1v) is 10.4. The Morgan fingerprint density at radius 2 is 2.00 bits per heavy atom. The minimum Gasteiger partial charge on any atom is -0.497 e. The minimum atomic E-state index is -0.283. The van der Waals surface area contributed by atoms with Gasteiger partial charge in [-0.2, -0.15) is 0 Å². The lowest BCUT2D eigenvalue weighted by atomic mass is 10.1. The minimum absolute atomic E-state index is 0.00122. The Kier molecular flexibility index (Phi) is 4.80. The zero-order valence-electron chi connectivity index (χ0n) is 18.1. The molecule has 3 aromatic heterocycles. The molecule has 0 saturated heterocycles. The number of aromatic nitrogens is 3. The molecule has 32 heavy (non-hydrogen) atoms. The summed E-state index contributed by atoms with van der Waals surface area (Å²) in [5.74, 6) is 2.19. The number of ether oxygens (including phenoxy) is 1. The van der Waals surface area contributed by atoms with Crippen LogP contribution in [0.1, 0.15) is 41.6 Å². The second kappa shape index (κ2) is 7.67. The van der Waals surface area contributed by atoms with E-state index < -0.39 is 0 Å². The molecule has 3 heterocycles. The molecule has 5 rings (SSSR count). The molecule has 2 N–H and O–H groups in total. The largest absolute Gasteiger partial charge is 0.497 e. The van der Waals surface area contributed by atoms with Crippen LogP contribution in [0, 0.1) is 6.92 Å². The summed E-state index contributed by atoms with van der Waals surface area (Å²) in [5, 5.41) is 11.0. The molecule has 1 fully saturated rings. The van der Waals surface area contributed by atoms with Gasteiger partial charge in [0.25, 0.3) is 5.91 Å². The highest BCUT2D eigenvalue weighted by Crippen LogP contribution is 2.40. The molecule has 0 aliphatic heterocycles. The molecule has 4 aromatic rings. The molecule has 1 amide bonds. The van der Waals surface area contributed by atoms with Crippen molar-refractivity contribution in [2.45, 2.75) is 38.8 Å². The van der Waals surface area contributed by atoms with E-state index in [-0.39, 0.29) is 18.0 Å². The van der Waals surface area contributed by atoms with Gasteiger partial charge in [0.15, 0.2) is 5.76 Å². The number of carbonyl (C=O) groups is 1. The maximum absolute atomic E-state index is 13.1. The van der Waals surface area contributed by atoms with Crippen molar-refractivity contribution in [3.8, 4) is 17.1 Å². The van der Waals surface area contributed by atoms with Crippen LogP contribution in [0.5, 0.6) is 5.75 Å². The van der Waals surface area contributed by atoms with Gasteiger partial charge in [0.05, 0.1) is 24.6 Å². The molecule has 1 aromatic carbocycles. The summed E-state index contributed by atoms with van der Waals surface area (Å²) in [6, 6.07) is 9.27. The smallest absolute Gasteiger partial charge is 0.255 e. The van der Waals surface area contributed by atoms with Crippen LogP contribution in [0.2, 0.25) is 0 Å². The first kappa shape index (κ1) is 20.0. The summed E-state index contributed by atoms with van der Waals surface area (Å²) >= 11 is 0. The van der Waals surface area contributed by atoms with Crippen molar-refractivity contribution in [3.63, 3.8) is 0 Å². The molecule has 164 valence electrons. The predicted octanol–water partition coefficient (Wildman–Crippen LogP) is 4.09. The molecule has 0 atom stereocenters. The summed E-state index contributed by atoms with van der Waals surface area (Å²) in [6.07, 6.45) is 3.55. The van der Waals surface area contributed by atoms with Crippen molar-refractivity contribution in [1.82, 2.24) is 20.4 Å². The van der Waals surface area contributed by atoms with Gasteiger partial charge in [-0.15, -0.1) is 0 Å². The lowest BCUT2D eigenvalue weighted by molar-refractivity contribution is 0.0950. The Hall–Kier alpha value is -3.88. The fourth-order valence-electron chi connectivity index (χ4n) is 3.56. The number of hydrogen-bond acceptors (Lipinski definition) is 8. The summed E-state index contributed by atoms with van der Waals surface area (Å²) in [7, 11) is 1.62. The summed E-state index contributed by atoms with van der Waals surface area (Å²) in [5.41, 5.74) is 2.28. The maximum Gasteiger partial charge on any atom is 0.255 e. The topological polar surface area (TPSA) is 115 Å². The van der Waals surface area contributed by atoms with Crippen LogP contribution in [0.4, 0.5) is 5.82 Å². The average molecular weight is 433 g/mol. The molecule has 0 radical (unpaired) electrons. The van der Waals surface area contributed by atoms with E-state index in [1.807, 2.05) is 24.3 Å². The van der Waals surface area contributed by atoms with Crippen LogP contribution >= 0.6 is 0 Å². The second-order valence-electron chi connectivity index (χ2n) is 8.22. The highest BCUT2D eigenvalue weighted by atomic mass is 16.5. The first-order chi connectivity index (χ1) is 15.5. The summed E-state index contributed by atoms with van der Waals surface area (Å²) in [4.78, 5) is 21.6. The van der Waals surface area contributed by atoms with Crippen molar-refractivity contribution < 1.29 is 18.5 Å². The highest BCUT2D eigenvalue weighted by molar-refractivity contribution is 6.10. The van der Waals surface area contributed by atoms with Crippen LogP contribution in [0.3, 0.4) is 0 Å². The third-order valence-corrected chi connectivity index (χ3v) is 5.68. The van der Waals surface area contributed by atoms with E-state index in [4.69, 9.17) is 13.7 Å². The Bertz CT molecular complexity index is 1290. The van der Waals surface area contributed by atoms with Gasteiger partial charge in [-0.1, -0.05) is 5.16 Å². The number of anilines is 1. The van der Waals surface area contributed by atoms with Gasteiger partial charge in [0, 0.05) is 17.2 Å². The fraction of sp³-hybridized carbons (Fsp3) is 0.304. The van der Waals surface area contributed by atoms with Crippen LogP contribution in [-0.4, -0.2) is 33.7 Å². The monoisotopic (exact) mass is 433 g/mol. The number of nitrogens with zero attached hydrogens (tertiary/aromatic N) is 3. The van der Waals surface area contributed by atoms with Crippen LogP contribution in [-0.2, 0) is 6.54 Å². The van der Waals surface area contributed by atoms with Crippen LogP contribution in [0.15, 0.2) is 45.6 Å². The molecule has 1 aliphatic rings. The van der Waals surface area contributed by atoms with Crippen LogP contribution in [0.25, 0.3) is 22.4 Å². The van der Waals surface area contributed by atoms with E-state index in [1.54, 1.807) is 20.1 Å². The molecule has 9 nitrogen and oxygen atoms in total. The zero-order valence-corrected chi connectivity index (χ0v) is 18.1. The number of nitrogens with one attached hydrogen (secondary N) is 2. The highest BCUT2D eigenvalue weighted by Gasteiger charge is 2.38. The Balaban J connectivity index is 1.34. The number of aryl methyl sites for hydroxylation is 1. The van der Waals surface area contributed by atoms with E-state index in [1.165, 1.54) is 6.33 Å². The third-order valence-electron chi connectivity index (χ3n) is 5.68. The van der Waals surface area contributed by atoms with E-state index >= 15 is 0 Å². The van der Waals surface area contributed by atoms with Crippen molar-refractivity contribution in [2.75, 3.05) is 12.4 Å². The molecular formula is C23H23N5O4. The normalized spacial score (nSPS) is 14.3. The van der Waals surface area contributed by atoms with Gasteiger partial charge in [0.1, 0.15) is 29.3 Å². The van der Waals surface area contributed by atoms with Gasteiger partial charge < -0.3 is 24.3 Å². The fourth-order valence-corrected chi connectivity index (χ4v) is 3.56. The van der Waals surface area contributed by atoms with Gasteiger partial charge in [-0.3, -0.25) is 4.79 Å². The first-order valence-electron chi connectivity index (χ1n) is 10.4. The van der Waals surface area contributed by atoms with Crippen molar-refractivity contribution in [3.05, 3.63) is 53.7 Å². The average Bonchev–Trinajstić information content (AvgIpc) is 3.20. The Morgan fingerprint density at radius 3 is 2.72 bits per heavy atom. The standard InChI is InChI=1S/C23H23N5O4/c1-13-18(19-20(27-23(2)8-9-23)25-12-26-22(19)31-13)21(29)24-11-15-10-17(32-28-15)14-4-6-16(30-3)7-5-14/h4-7,10,12H,8-9,11H2,1-3H3,(H,24,29)(H,25,26,27). The van der Waals surface area contributed by atoms with Crippen molar-refractivity contribution in [1.29, 1.82) is 0 Å². The Labute approximate surface area is 184 Å². The van der Waals surface area contributed by atoms with Crippen molar-refractivity contribution in [2.24, 2.45) is 0 Å². The lowest BCUT2D eigenvalue weighted by Gasteiger charge is -2.13. The number of carbonyl (C=O) groups excluding carboxylic acids is 1. The van der Waals surface area contributed by atoms with E-state index in [9.17, 15) is 4.79 Å². The lowest BCUT2D eigenvalue weighted by Crippen LogP contribution is -2.24. The SMILES string of the molecule is COc1ccc(-c2cc(CNC(=O)c3c(C)oc4ncnc(NC5(C)CC5)c34)no2)cc1. The van der Waals surface area contributed by atoms with Gasteiger partial charge in [-0.25, -0.2) is 9.97 Å². The van der Waals surface area contributed by atoms with Crippen LogP contribution < -0.4 is 15.4 Å². The summed E-state index contributed by atoms with van der Waals surface area (Å²) < 4.78 is 16.3. The van der Waals surface area contributed by atoms with Crippen molar-refractivity contribution >= 4 is 22.8 Å². The predicted molar refractivity (Wildman–Crippen MR) is 117 cm³/mol. The van der Waals surface area contributed by atoms with Gasteiger partial charge in [-0.05, 0) is 51.0 Å². The molecule has 0 spiro atoms. The summed E-state index contributed by atoms with van der Waals surface area (Å²) in [6.45, 7) is 4.08. The maximum atomic E-state index is 13.1. The number of fused-ring (bicyclic) bond motifs is 1. The van der Waals surface area contributed by atoms with Gasteiger partial charge in [0.2, 0.25) is 5.71 Å². The number of rotatable bonds is 7. The Morgan fingerprint density at radius 1 is 1.22 bits per heavy atom. The molecule has 1 saturated carbocycles. The van der Waals surface area contributed by atoms with E-state index in [2.05, 4.69) is 32.7 Å².